The number of rotatable bonds is 4. The minimum Gasteiger partial charge on any atom is -0.497 e. The standard InChI is InChI=1S/C13H15BrN2O2/c1-9(2)16-8-12(14)15-13(16)18-11-6-4-10(17-3)5-7-11/h4-9H,1-3H3. The maximum atomic E-state index is 5.76. The van der Waals surface area contributed by atoms with Crippen molar-refractivity contribution in [3.05, 3.63) is 35.1 Å². The second-order valence-electron chi connectivity index (χ2n) is 4.12. The molecule has 1 aromatic heterocycles. The quantitative estimate of drug-likeness (QED) is 0.855. The van der Waals surface area contributed by atoms with E-state index in [1.54, 1.807) is 7.11 Å². The van der Waals surface area contributed by atoms with Crippen molar-refractivity contribution in [1.29, 1.82) is 0 Å². The number of ether oxygens (including phenoxy) is 2. The molecule has 0 saturated heterocycles. The van der Waals surface area contributed by atoms with Gasteiger partial charge < -0.3 is 9.47 Å². The van der Waals surface area contributed by atoms with E-state index >= 15 is 0 Å². The third-order valence-corrected chi connectivity index (χ3v) is 2.88. The zero-order chi connectivity index (χ0) is 13.1. The second kappa shape index (κ2) is 5.44. The lowest BCUT2D eigenvalue weighted by atomic mass is 10.3. The Hall–Kier alpha value is -1.49. The van der Waals surface area contributed by atoms with Gasteiger partial charge in [0.2, 0.25) is 0 Å². The molecule has 0 aliphatic rings. The van der Waals surface area contributed by atoms with E-state index in [9.17, 15) is 0 Å². The summed E-state index contributed by atoms with van der Waals surface area (Å²) in [6, 6.07) is 8.28. The zero-order valence-electron chi connectivity index (χ0n) is 10.6. The summed E-state index contributed by atoms with van der Waals surface area (Å²) in [5.74, 6) is 1.53. The van der Waals surface area contributed by atoms with E-state index in [2.05, 4.69) is 34.8 Å². The lowest BCUT2D eigenvalue weighted by Crippen LogP contribution is -2.01. The van der Waals surface area contributed by atoms with Crippen molar-refractivity contribution in [2.75, 3.05) is 7.11 Å². The summed E-state index contributed by atoms with van der Waals surface area (Å²) in [7, 11) is 1.64. The molecule has 0 radical (unpaired) electrons. The highest BCUT2D eigenvalue weighted by Crippen LogP contribution is 2.27. The molecule has 1 aromatic carbocycles. The molecule has 4 nitrogen and oxygen atoms in total. The molecule has 0 spiro atoms. The minimum atomic E-state index is 0.289. The first-order valence-electron chi connectivity index (χ1n) is 5.66. The number of imidazole rings is 1. The summed E-state index contributed by atoms with van der Waals surface area (Å²) in [5.41, 5.74) is 0. The highest BCUT2D eigenvalue weighted by Gasteiger charge is 2.11. The van der Waals surface area contributed by atoms with Gasteiger partial charge in [-0.3, -0.25) is 4.57 Å². The molecule has 0 bridgehead atoms. The fraction of sp³-hybridized carbons (Fsp3) is 0.308. The summed E-state index contributed by atoms with van der Waals surface area (Å²) in [5, 5.41) is 0. The van der Waals surface area contributed by atoms with E-state index in [1.807, 2.05) is 35.0 Å². The van der Waals surface area contributed by atoms with Crippen LogP contribution in [0.15, 0.2) is 35.1 Å². The SMILES string of the molecule is COc1ccc(Oc2nc(Br)cn2C(C)C)cc1. The van der Waals surface area contributed by atoms with E-state index in [0.29, 0.717) is 6.01 Å². The van der Waals surface area contributed by atoms with Gasteiger partial charge in [-0.15, -0.1) is 0 Å². The second-order valence-corrected chi connectivity index (χ2v) is 4.94. The van der Waals surface area contributed by atoms with Crippen LogP contribution in [-0.4, -0.2) is 16.7 Å². The normalized spacial score (nSPS) is 10.7. The first-order valence-corrected chi connectivity index (χ1v) is 6.45. The highest BCUT2D eigenvalue weighted by atomic mass is 79.9. The van der Waals surface area contributed by atoms with Crippen molar-refractivity contribution in [1.82, 2.24) is 9.55 Å². The molecular formula is C13H15BrN2O2. The number of benzene rings is 1. The molecule has 2 aromatic rings. The van der Waals surface area contributed by atoms with Crippen LogP contribution < -0.4 is 9.47 Å². The van der Waals surface area contributed by atoms with Gasteiger partial charge in [0.05, 0.1) is 7.11 Å². The molecule has 96 valence electrons. The maximum absolute atomic E-state index is 5.76. The predicted octanol–water partition coefficient (Wildman–Crippen LogP) is 4.03. The van der Waals surface area contributed by atoms with Crippen molar-refractivity contribution in [2.24, 2.45) is 0 Å². The third-order valence-electron chi connectivity index (χ3n) is 2.49. The van der Waals surface area contributed by atoms with Crippen molar-refractivity contribution < 1.29 is 9.47 Å². The van der Waals surface area contributed by atoms with Crippen molar-refractivity contribution in [3.63, 3.8) is 0 Å². The fourth-order valence-corrected chi connectivity index (χ4v) is 1.91. The average molecular weight is 311 g/mol. The predicted molar refractivity (Wildman–Crippen MR) is 73.4 cm³/mol. The Kier molecular flexibility index (Phi) is 3.91. The van der Waals surface area contributed by atoms with Crippen LogP contribution in [0.4, 0.5) is 0 Å². The molecule has 0 atom stereocenters. The molecular weight excluding hydrogens is 296 g/mol. The largest absolute Gasteiger partial charge is 0.497 e. The number of nitrogens with zero attached hydrogens (tertiary/aromatic N) is 2. The number of methoxy groups -OCH3 is 1. The van der Waals surface area contributed by atoms with Gasteiger partial charge in [0.15, 0.2) is 0 Å². The fourth-order valence-electron chi connectivity index (χ4n) is 1.54. The first-order chi connectivity index (χ1) is 8.60. The van der Waals surface area contributed by atoms with Gasteiger partial charge in [-0.05, 0) is 54.0 Å². The smallest absolute Gasteiger partial charge is 0.303 e. The lowest BCUT2D eigenvalue weighted by molar-refractivity contribution is 0.391. The maximum Gasteiger partial charge on any atom is 0.303 e. The van der Waals surface area contributed by atoms with Crippen LogP contribution >= 0.6 is 15.9 Å². The molecule has 18 heavy (non-hydrogen) atoms. The van der Waals surface area contributed by atoms with Crippen molar-refractivity contribution >= 4 is 15.9 Å². The van der Waals surface area contributed by atoms with Crippen LogP contribution in [-0.2, 0) is 0 Å². The zero-order valence-corrected chi connectivity index (χ0v) is 12.1. The van der Waals surface area contributed by atoms with Gasteiger partial charge in [-0.25, -0.2) is 0 Å². The summed E-state index contributed by atoms with van der Waals surface area (Å²) < 4.78 is 13.6. The Labute approximate surface area is 115 Å². The van der Waals surface area contributed by atoms with Gasteiger partial charge in [0.1, 0.15) is 16.1 Å². The number of hydrogen-bond donors (Lipinski definition) is 0. The summed E-state index contributed by atoms with van der Waals surface area (Å²) in [4.78, 5) is 4.30. The minimum absolute atomic E-state index is 0.289. The molecule has 0 aliphatic carbocycles. The Morgan fingerprint density at radius 1 is 1.17 bits per heavy atom. The van der Waals surface area contributed by atoms with Crippen LogP contribution in [0.25, 0.3) is 0 Å². The molecule has 0 N–H and O–H groups in total. The van der Waals surface area contributed by atoms with E-state index in [0.717, 1.165) is 16.1 Å². The molecule has 0 amide bonds. The van der Waals surface area contributed by atoms with Gasteiger partial charge >= 0.3 is 6.01 Å². The van der Waals surface area contributed by atoms with E-state index < -0.39 is 0 Å². The Balaban J connectivity index is 2.22. The summed E-state index contributed by atoms with van der Waals surface area (Å²) in [6.45, 7) is 4.16. The molecule has 0 fully saturated rings. The van der Waals surface area contributed by atoms with Crippen molar-refractivity contribution in [3.8, 4) is 17.5 Å². The topological polar surface area (TPSA) is 36.3 Å². The monoisotopic (exact) mass is 310 g/mol. The Morgan fingerprint density at radius 3 is 2.33 bits per heavy atom. The molecule has 0 saturated carbocycles. The van der Waals surface area contributed by atoms with Gasteiger partial charge in [-0.2, -0.15) is 4.98 Å². The number of aromatic nitrogens is 2. The van der Waals surface area contributed by atoms with Crippen LogP contribution in [0, 0.1) is 0 Å². The number of hydrogen-bond acceptors (Lipinski definition) is 3. The van der Waals surface area contributed by atoms with Crippen LogP contribution in [0.3, 0.4) is 0 Å². The first kappa shape index (κ1) is 13.0. The highest BCUT2D eigenvalue weighted by molar-refractivity contribution is 9.10. The molecule has 1 heterocycles. The van der Waals surface area contributed by atoms with E-state index in [-0.39, 0.29) is 6.04 Å². The van der Waals surface area contributed by atoms with Crippen molar-refractivity contribution in [2.45, 2.75) is 19.9 Å². The van der Waals surface area contributed by atoms with Crippen LogP contribution in [0.5, 0.6) is 17.5 Å². The van der Waals surface area contributed by atoms with Gasteiger partial charge in [0.25, 0.3) is 0 Å². The Bertz CT molecular complexity index is 520. The average Bonchev–Trinajstić information content (AvgIpc) is 2.71. The van der Waals surface area contributed by atoms with Crippen LogP contribution in [0.1, 0.15) is 19.9 Å². The summed E-state index contributed by atoms with van der Waals surface area (Å²) in [6.07, 6.45) is 1.91. The Morgan fingerprint density at radius 2 is 1.78 bits per heavy atom. The van der Waals surface area contributed by atoms with E-state index in [4.69, 9.17) is 9.47 Å². The third kappa shape index (κ3) is 2.85. The van der Waals surface area contributed by atoms with Crippen LogP contribution in [0.2, 0.25) is 0 Å². The molecule has 5 heteroatoms. The molecule has 0 aliphatic heterocycles. The van der Waals surface area contributed by atoms with Gasteiger partial charge in [-0.1, -0.05) is 0 Å². The molecule has 2 rings (SSSR count). The molecule has 0 unspecified atom stereocenters. The van der Waals surface area contributed by atoms with Gasteiger partial charge in [0, 0.05) is 12.2 Å². The lowest BCUT2D eigenvalue weighted by Gasteiger charge is -2.11. The summed E-state index contributed by atoms with van der Waals surface area (Å²) >= 11 is 3.36. The van der Waals surface area contributed by atoms with E-state index in [1.165, 1.54) is 0 Å². The number of halogens is 1.